The molecule has 1 aromatic rings. The van der Waals surface area contributed by atoms with Crippen LogP contribution in [-0.4, -0.2) is 43.9 Å². The SMILES string of the molecule is Cc1cccc(S(=O)(=O)N2CCC(NC(=O)NC(C)C)CC2)c1. The number of hydrogen-bond acceptors (Lipinski definition) is 3. The van der Waals surface area contributed by atoms with Crippen molar-refractivity contribution in [3.63, 3.8) is 0 Å². The van der Waals surface area contributed by atoms with Crippen LogP contribution in [0, 0.1) is 6.92 Å². The van der Waals surface area contributed by atoms with E-state index in [0.717, 1.165) is 5.56 Å². The van der Waals surface area contributed by atoms with Crippen molar-refractivity contribution in [1.82, 2.24) is 14.9 Å². The standard InChI is InChI=1S/C16H25N3O3S/c1-12(2)17-16(20)18-14-7-9-19(10-8-14)23(21,22)15-6-4-5-13(3)11-15/h4-6,11-12,14H,7-10H2,1-3H3,(H2,17,18,20). The van der Waals surface area contributed by atoms with Crippen molar-refractivity contribution in [2.45, 2.75) is 50.6 Å². The maximum atomic E-state index is 12.6. The Kier molecular flexibility index (Phi) is 5.64. The van der Waals surface area contributed by atoms with E-state index in [1.54, 1.807) is 18.2 Å². The lowest BCUT2D eigenvalue weighted by molar-refractivity contribution is 0.225. The second kappa shape index (κ2) is 7.31. The minimum atomic E-state index is -3.45. The summed E-state index contributed by atoms with van der Waals surface area (Å²) in [6, 6.07) is 6.85. The molecule has 0 aromatic heterocycles. The summed E-state index contributed by atoms with van der Waals surface area (Å²) in [7, 11) is -3.45. The van der Waals surface area contributed by atoms with Crippen molar-refractivity contribution in [2.24, 2.45) is 0 Å². The van der Waals surface area contributed by atoms with Gasteiger partial charge in [0.1, 0.15) is 0 Å². The van der Waals surface area contributed by atoms with Gasteiger partial charge < -0.3 is 10.6 Å². The molecule has 23 heavy (non-hydrogen) atoms. The molecule has 0 saturated carbocycles. The zero-order valence-corrected chi connectivity index (χ0v) is 14.7. The normalized spacial score (nSPS) is 17.2. The number of carbonyl (C=O) groups is 1. The molecule has 2 N–H and O–H groups in total. The Labute approximate surface area is 138 Å². The lowest BCUT2D eigenvalue weighted by Crippen LogP contribution is -2.50. The molecule has 1 aromatic carbocycles. The van der Waals surface area contributed by atoms with E-state index >= 15 is 0 Å². The maximum absolute atomic E-state index is 12.6. The number of nitrogens with one attached hydrogen (secondary N) is 2. The topological polar surface area (TPSA) is 78.5 Å². The van der Waals surface area contributed by atoms with Crippen LogP contribution in [0.5, 0.6) is 0 Å². The number of urea groups is 1. The number of aryl methyl sites for hydroxylation is 1. The van der Waals surface area contributed by atoms with Gasteiger partial charge in [0.2, 0.25) is 10.0 Å². The lowest BCUT2D eigenvalue weighted by Gasteiger charge is -2.31. The third-order valence-corrected chi connectivity index (χ3v) is 5.73. The van der Waals surface area contributed by atoms with E-state index in [2.05, 4.69) is 10.6 Å². The van der Waals surface area contributed by atoms with E-state index in [9.17, 15) is 13.2 Å². The highest BCUT2D eigenvalue weighted by molar-refractivity contribution is 7.89. The Hall–Kier alpha value is -1.60. The predicted octanol–water partition coefficient (Wildman–Crippen LogP) is 1.86. The molecule has 0 radical (unpaired) electrons. The number of sulfonamides is 1. The highest BCUT2D eigenvalue weighted by Gasteiger charge is 2.29. The Bertz CT molecular complexity index is 650. The van der Waals surface area contributed by atoms with Crippen LogP contribution in [0.1, 0.15) is 32.3 Å². The number of piperidine rings is 1. The number of hydrogen-bond donors (Lipinski definition) is 2. The zero-order chi connectivity index (χ0) is 17.0. The van der Waals surface area contributed by atoms with Gasteiger partial charge in [-0.2, -0.15) is 4.31 Å². The molecule has 0 atom stereocenters. The first kappa shape index (κ1) is 17.7. The first-order chi connectivity index (χ1) is 10.8. The van der Waals surface area contributed by atoms with E-state index in [0.29, 0.717) is 30.8 Å². The van der Waals surface area contributed by atoms with Gasteiger partial charge in [-0.25, -0.2) is 13.2 Å². The van der Waals surface area contributed by atoms with Crippen LogP contribution < -0.4 is 10.6 Å². The minimum absolute atomic E-state index is 0.0118. The van der Waals surface area contributed by atoms with Crippen molar-refractivity contribution in [2.75, 3.05) is 13.1 Å². The van der Waals surface area contributed by atoms with Gasteiger partial charge in [0.15, 0.2) is 0 Å². The molecule has 2 rings (SSSR count). The smallest absolute Gasteiger partial charge is 0.315 e. The lowest BCUT2D eigenvalue weighted by atomic mass is 10.1. The van der Waals surface area contributed by atoms with Crippen LogP contribution in [-0.2, 0) is 10.0 Å². The summed E-state index contributed by atoms with van der Waals surface area (Å²) >= 11 is 0. The molecule has 1 saturated heterocycles. The molecule has 1 heterocycles. The van der Waals surface area contributed by atoms with E-state index in [4.69, 9.17) is 0 Å². The van der Waals surface area contributed by atoms with Crippen molar-refractivity contribution >= 4 is 16.1 Å². The monoisotopic (exact) mass is 339 g/mol. The zero-order valence-electron chi connectivity index (χ0n) is 13.9. The number of amides is 2. The number of benzene rings is 1. The molecular weight excluding hydrogens is 314 g/mol. The highest BCUT2D eigenvalue weighted by atomic mass is 32.2. The third-order valence-electron chi connectivity index (χ3n) is 3.84. The quantitative estimate of drug-likeness (QED) is 0.879. The average Bonchev–Trinajstić information content (AvgIpc) is 2.47. The number of nitrogens with zero attached hydrogens (tertiary/aromatic N) is 1. The first-order valence-corrected chi connectivity index (χ1v) is 9.37. The van der Waals surface area contributed by atoms with Gasteiger partial charge in [0, 0.05) is 25.2 Å². The van der Waals surface area contributed by atoms with E-state index in [1.807, 2.05) is 26.8 Å². The van der Waals surface area contributed by atoms with Gasteiger partial charge in [0.25, 0.3) is 0 Å². The summed E-state index contributed by atoms with van der Waals surface area (Å²) < 4.78 is 26.8. The van der Waals surface area contributed by atoms with Crippen molar-refractivity contribution in [3.05, 3.63) is 29.8 Å². The molecule has 0 spiro atoms. The van der Waals surface area contributed by atoms with Gasteiger partial charge in [0.05, 0.1) is 4.90 Å². The average molecular weight is 339 g/mol. The van der Waals surface area contributed by atoms with Gasteiger partial charge in [-0.3, -0.25) is 0 Å². The van der Waals surface area contributed by atoms with E-state index in [-0.39, 0.29) is 18.1 Å². The largest absolute Gasteiger partial charge is 0.336 e. The van der Waals surface area contributed by atoms with Crippen molar-refractivity contribution in [3.8, 4) is 0 Å². The molecule has 7 heteroatoms. The van der Waals surface area contributed by atoms with Crippen LogP contribution in [0.2, 0.25) is 0 Å². The summed E-state index contributed by atoms with van der Waals surface area (Å²) in [6.07, 6.45) is 1.24. The molecule has 0 bridgehead atoms. The first-order valence-electron chi connectivity index (χ1n) is 7.93. The molecule has 1 aliphatic heterocycles. The predicted molar refractivity (Wildman–Crippen MR) is 89.8 cm³/mol. The van der Waals surface area contributed by atoms with Crippen LogP contribution in [0.15, 0.2) is 29.2 Å². The van der Waals surface area contributed by atoms with Gasteiger partial charge >= 0.3 is 6.03 Å². The van der Waals surface area contributed by atoms with Crippen LogP contribution in [0.25, 0.3) is 0 Å². The fourth-order valence-electron chi connectivity index (χ4n) is 2.65. The van der Waals surface area contributed by atoms with Crippen LogP contribution in [0.3, 0.4) is 0 Å². The van der Waals surface area contributed by atoms with Gasteiger partial charge in [-0.15, -0.1) is 0 Å². The maximum Gasteiger partial charge on any atom is 0.315 e. The fraction of sp³-hybridized carbons (Fsp3) is 0.562. The minimum Gasteiger partial charge on any atom is -0.336 e. The fourth-order valence-corrected chi connectivity index (χ4v) is 4.23. The summed E-state index contributed by atoms with van der Waals surface area (Å²) in [6.45, 7) is 6.52. The highest BCUT2D eigenvalue weighted by Crippen LogP contribution is 2.21. The Balaban J connectivity index is 1.95. The van der Waals surface area contributed by atoms with Crippen molar-refractivity contribution in [1.29, 1.82) is 0 Å². The summed E-state index contributed by atoms with van der Waals surface area (Å²) in [5, 5.41) is 5.68. The Morgan fingerprint density at radius 3 is 2.48 bits per heavy atom. The molecular formula is C16H25N3O3S. The molecule has 128 valence electrons. The van der Waals surface area contributed by atoms with Gasteiger partial charge in [-0.05, 0) is 51.3 Å². The van der Waals surface area contributed by atoms with E-state index < -0.39 is 10.0 Å². The summed E-state index contributed by atoms with van der Waals surface area (Å²) in [5.41, 5.74) is 0.924. The van der Waals surface area contributed by atoms with Crippen LogP contribution >= 0.6 is 0 Å². The summed E-state index contributed by atoms with van der Waals surface area (Å²) in [5.74, 6) is 0. The molecule has 2 amide bonds. The third kappa shape index (κ3) is 4.68. The van der Waals surface area contributed by atoms with Crippen molar-refractivity contribution < 1.29 is 13.2 Å². The van der Waals surface area contributed by atoms with Crippen LogP contribution in [0.4, 0.5) is 4.79 Å². The molecule has 6 nitrogen and oxygen atoms in total. The molecule has 0 unspecified atom stereocenters. The molecule has 1 fully saturated rings. The Morgan fingerprint density at radius 1 is 1.26 bits per heavy atom. The number of rotatable bonds is 4. The summed E-state index contributed by atoms with van der Waals surface area (Å²) in [4.78, 5) is 12.0. The number of carbonyl (C=O) groups excluding carboxylic acids is 1. The van der Waals surface area contributed by atoms with Gasteiger partial charge in [-0.1, -0.05) is 12.1 Å². The van der Waals surface area contributed by atoms with E-state index in [1.165, 1.54) is 4.31 Å². The Morgan fingerprint density at radius 2 is 1.91 bits per heavy atom. The molecule has 0 aliphatic carbocycles. The molecule has 1 aliphatic rings. The second-order valence-corrected chi connectivity index (χ2v) is 8.21. The second-order valence-electron chi connectivity index (χ2n) is 6.27.